The van der Waals surface area contributed by atoms with E-state index < -0.39 is 121 Å². The molecule has 0 saturated carbocycles. The van der Waals surface area contributed by atoms with Crippen LogP contribution in [0.25, 0.3) is 0 Å². The third-order valence-electron chi connectivity index (χ3n) is 9.94. The highest BCUT2D eigenvalue weighted by atomic mass is 16.5. The van der Waals surface area contributed by atoms with Crippen LogP contribution in [-0.4, -0.2) is 130 Å². The number of primary amides is 2. The first kappa shape index (κ1) is 53.0. The number of ether oxygens (including phenoxy) is 1. The number of unbranched alkanes of at least 4 members (excludes halogenated alkanes) is 5. The van der Waals surface area contributed by atoms with Crippen molar-refractivity contribution in [2.75, 3.05) is 13.2 Å². The monoisotopic (exact) mass is 891 g/mol. The summed E-state index contributed by atoms with van der Waals surface area (Å²) in [6, 6.07) is -8.87. The molecule has 0 aliphatic carbocycles. The Hall–Kier alpha value is -6.13. The number of amides is 9. The second kappa shape index (κ2) is 27.7. The van der Waals surface area contributed by atoms with Crippen LogP contribution in [0.15, 0.2) is 12.5 Å². The van der Waals surface area contributed by atoms with Gasteiger partial charge in [-0.3, -0.25) is 43.2 Å². The number of nitrogens with one attached hydrogen (secondary N) is 8. The first-order valence-electron chi connectivity index (χ1n) is 21.2. The van der Waals surface area contributed by atoms with E-state index in [9.17, 15) is 53.1 Å². The highest BCUT2D eigenvalue weighted by Crippen LogP contribution is 2.13. The van der Waals surface area contributed by atoms with E-state index in [0.717, 1.165) is 25.7 Å². The number of carbonyl (C=O) groups excluding carboxylic acids is 10. The summed E-state index contributed by atoms with van der Waals surface area (Å²) in [5.41, 5.74) is 10.9. The first-order chi connectivity index (χ1) is 29.8. The highest BCUT2D eigenvalue weighted by Gasteiger charge is 2.35. The zero-order valence-corrected chi connectivity index (χ0v) is 36.4. The molecule has 1 aliphatic heterocycles. The summed E-state index contributed by atoms with van der Waals surface area (Å²) < 4.78 is 5.32. The van der Waals surface area contributed by atoms with E-state index in [1.165, 1.54) is 39.2 Å². The number of aliphatic hydroxyl groups is 1. The predicted octanol–water partition coefficient (Wildman–Crippen LogP) is -2.76. The molecule has 13 N–H and O–H groups in total. The van der Waals surface area contributed by atoms with Gasteiger partial charge >= 0.3 is 5.97 Å². The number of rotatable bonds is 25. The Bertz CT molecular complexity index is 1720. The molecule has 2 rings (SSSR count). The van der Waals surface area contributed by atoms with Crippen molar-refractivity contribution in [3.8, 4) is 0 Å². The van der Waals surface area contributed by atoms with Gasteiger partial charge in [0.05, 0.1) is 19.0 Å². The van der Waals surface area contributed by atoms with Gasteiger partial charge in [-0.2, -0.15) is 0 Å². The van der Waals surface area contributed by atoms with Crippen LogP contribution in [0.4, 0.5) is 0 Å². The summed E-state index contributed by atoms with van der Waals surface area (Å²) in [6.45, 7) is 5.40. The van der Waals surface area contributed by atoms with Gasteiger partial charge in [-0.15, -0.1) is 0 Å². The van der Waals surface area contributed by atoms with Crippen molar-refractivity contribution in [2.24, 2.45) is 17.4 Å². The van der Waals surface area contributed by atoms with Crippen molar-refractivity contribution in [1.82, 2.24) is 47.2 Å². The van der Waals surface area contributed by atoms with Gasteiger partial charge in [0.25, 0.3) is 0 Å². The molecule has 1 saturated heterocycles. The molecule has 1 fully saturated rings. The second-order valence-corrected chi connectivity index (χ2v) is 16.0. The maximum Gasteiger partial charge on any atom is 0.328 e. The molecule has 7 atom stereocenters. The molecule has 0 unspecified atom stereocenters. The van der Waals surface area contributed by atoms with E-state index in [1.54, 1.807) is 0 Å². The SMILES string of the molecule is CC(C)CCCCCCCCC(=O)N[C@H](C(=O)NCC(=O)N[C@@H](C)C(=O)N[C@H]1COC(=O)[C@H](CCC(N)=O)NC(=O)[C@H](CCC(N)=O)NC(=O)[C@H](Cc2cnc[nH]2)NC1=O)[C@@H](C)O. The van der Waals surface area contributed by atoms with E-state index in [2.05, 4.69) is 61.0 Å². The maximum atomic E-state index is 13.7. The van der Waals surface area contributed by atoms with Crippen LogP contribution in [-0.2, 0) is 59.1 Å². The van der Waals surface area contributed by atoms with Crippen LogP contribution in [0.1, 0.15) is 110 Å². The van der Waals surface area contributed by atoms with Crippen LogP contribution in [0, 0.1) is 5.92 Å². The Balaban J connectivity index is 2.12. The number of hydrogen-bond donors (Lipinski definition) is 11. The summed E-state index contributed by atoms with van der Waals surface area (Å²) in [7, 11) is 0. The summed E-state index contributed by atoms with van der Waals surface area (Å²) in [4.78, 5) is 135. The fourth-order valence-electron chi connectivity index (χ4n) is 6.31. The Morgan fingerprint density at radius 2 is 1.35 bits per heavy atom. The van der Waals surface area contributed by atoms with Crippen molar-refractivity contribution < 1.29 is 57.8 Å². The number of aliphatic hydroxyl groups excluding tert-OH is 1. The third kappa shape index (κ3) is 21.0. The topological polar surface area (TPSA) is 365 Å². The maximum absolute atomic E-state index is 13.7. The van der Waals surface area contributed by atoms with Crippen molar-refractivity contribution in [2.45, 2.75) is 154 Å². The van der Waals surface area contributed by atoms with E-state index >= 15 is 0 Å². The van der Waals surface area contributed by atoms with Gasteiger partial charge in [-0.25, -0.2) is 9.78 Å². The van der Waals surface area contributed by atoms with E-state index in [1.807, 2.05) is 0 Å². The average Bonchev–Trinajstić information content (AvgIpc) is 3.73. The van der Waals surface area contributed by atoms with Gasteiger partial charge in [-0.1, -0.05) is 52.4 Å². The summed E-state index contributed by atoms with van der Waals surface area (Å²) >= 11 is 0. The molecule has 2 heterocycles. The number of carbonyl (C=O) groups is 10. The molecule has 352 valence electrons. The summed E-state index contributed by atoms with van der Waals surface area (Å²) in [5, 5.41) is 27.0. The summed E-state index contributed by atoms with van der Waals surface area (Å²) in [5.74, 6) is -8.12. The van der Waals surface area contributed by atoms with Crippen LogP contribution in [0.2, 0.25) is 0 Å². The van der Waals surface area contributed by atoms with Gasteiger partial charge in [-0.05, 0) is 39.0 Å². The minimum absolute atomic E-state index is 0.150. The molecule has 0 bridgehead atoms. The molecular formula is C40H65N11O12. The standard InChI is InChI=1S/C40H65N11O12/c1-22(2)11-9-7-5-6-8-10-12-32(55)51-34(24(4)52)39(61)44-19-33(56)46-23(3)35(57)50-29-20-63-40(62)27(14-16-31(42)54)48-36(58)26(13-15-30(41)53)47-37(59)28(49-38(29)60)17-25-18-43-21-45-25/h18,21-24,26-29,34,52H,5-17,19-20H2,1-4H3,(H2,41,53)(H2,42,54)(H,43,45)(H,44,61)(H,46,56)(H,47,59)(H,48,58)(H,49,60)(H,50,57)(H,51,55)/t23-,24+,26-,27-,28-,29-,34-/m0/s1. The van der Waals surface area contributed by atoms with E-state index in [4.69, 9.17) is 16.2 Å². The summed E-state index contributed by atoms with van der Waals surface area (Å²) in [6.07, 6.45) is 6.88. The highest BCUT2D eigenvalue weighted by molar-refractivity contribution is 5.97. The van der Waals surface area contributed by atoms with Gasteiger partial charge in [0.15, 0.2) is 0 Å². The molecule has 0 radical (unpaired) electrons. The van der Waals surface area contributed by atoms with Crippen molar-refractivity contribution in [1.29, 1.82) is 0 Å². The predicted molar refractivity (Wildman–Crippen MR) is 224 cm³/mol. The molecular weight excluding hydrogens is 827 g/mol. The van der Waals surface area contributed by atoms with Crippen molar-refractivity contribution in [3.63, 3.8) is 0 Å². The van der Waals surface area contributed by atoms with Crippen molar-refractivity contribution in [3.05, 3.63) is 18.2 Å². The number of esters is 1. The number of nitrogens with zero attached hydrogens (tertiary/aromatic N) is 1. The number of aromatic nitrogens is 2. The zero-order valence-electron chi connectivity index (χ0n) is 36.4. The van der Waals surface area contributed by atoms with Gasteiger partial charge in [0.2, 0.25) is 53.2 Å². The van der Waals surface area contributed by atoms with Gasteiger partial charge < -0.3 is 63.5 Å². The van der Waals surface area contributed by atoms with Gasteiger partial charge in [0, 0.05) is 37.6 Å². The molecule has 1 aliphatic rings. The minimum atomic E-state index is -1.71. The van der Waals surface area contributed by atoms with Gasteiger partial charge in [0.1, 0.15) is 42.9 Å². The fourth-order valence-corrected chi connectivity index (χ4v) is 6.31. The molecule has 0 aromatic carbocycles. The number of H-pyrrole nitrogens is 1. The Kier molecular flexibility index (Phi) is 23.3. The zero-order chi connectivity index (χ0) is 47.1. The first-order valence-corrected chi connectivity index (χ1v) is 21.2. The molecule has 9 amide bonds. The number of imidazole rings is 1. The number of nitrogens with two attached hydrogens (primary N) is 2. The molecule has 1 aromatic heterocycles. The smallest absolute Gasteiger partial charge is 0.328 e. The molecule has 0 spiro atoms. The lowest BCUT2D eigenvalue weighted by atomic mass is 10.0. The van der Waals surface area contributed by atoms with Crippen LogP contribution < -0.4 is 48.7 Å². The number of cyclic esters (lactones) is 1. The van der Waals surface area contributed by atoms with Crippen LogP contribution in [0.3, 0.4) is 0 Å². The molecule has 23 heteroatoms. The third-order valence-corrected chi connectivity index (χ3v) is 9.94. The van der Waals surface area contributed by atoms with E-state index in [-0.39, 0.29) is 32.1 Å². The Morgan fingerprint density at radius 3 is 1.95 bits per heavy atom. The Labute approximate surface area is 365 Å². The number of hydrogen-bond acceptors (Lipinski definition) is 13. The minimum Gasteiger partial charge on any atom is -0.461 e. The van der Waals surface area contributed by atoms with Crippen molar-refractivity contribution >= 4 is 59.1 Å². The lowest BCUT2D eigenvalue weighted by Crippen LogP contribution is -2.59. The lowest BCUT2D eigenvalue weighted by Gasteiger charge is -2.25. The Morgan fingerprint density at radius 1 is 0.762 bits per heavy atom. The fraction of sp³-hybridized carbons (Fsp3) is 0.675. The van der Waals surface area contributed by atoms with E-state index in [0.29, 0.717) is 18.0 Å². The quantitative estimate of drug-likeness (QED) is 0.0351. The van der Waals surface area contributed by atoms with Crippen LogP contribution >= 0.6 is 0 Å². The lowest BCUT2D eigenvalue weighted by molar-refractivity contribution is -0.150. The number of aromatic amines is 1. The molecule has 23 nitrogen and oxygen atoms in total. The van der Waals surface area contributed by atoms with Crippen LogP contribution in [0.5, 0.6) is 0 Å². The second-order valence-electron chi connectivity index (χ2n) is 16.0. The normalized spacial score (nSPS) is 19.8. The average molecular weight is 892 g/mol. The molecule has 63 heavy (non-hydrogen) atoms. The largest absolute Gasteiger partial charge is 0.461 e. The molecule has 1 aromatic rings.